The molecule has 0 unspecified atom stereocenters. The van der Waals surface area contributed by atoms with Crippen molar-refractivity contribution in [1.29, 1.82) is 0 Å². The van der Waals surface area contributed by atoms with Gasteiger partial charge in [-0.25, -0.2) is 0 Å². The summed E-state index contributed by atoms with van der Waals surface area (Å²) in [6.07, 6.45) is 1.98. The molecule has 1 aliphatic carbocycles. The van der Waals surface area contributed by atoms with Crippen LogP contribution in [0.1, 0.15) is 27.7 Å². The molecule has 0 saturated carbocycles. The number of rotatable bonds is 4. The normalized spacial score (nSPS) is 12.2. The molecule has 1 aliphatic rings. The molecule has 1 aromatic heterocycles. The van der Waals surface area contributed by atoms with E-state index in [1.54, 1.807) is 0 Å². The molecular formula is C17H18N2O2S. The Morgan fingerprint density at radius 3 is 2.73 bits per heavy atom. The minimum Gasteiger partial charge on any atom is -0.355 e. The molecule has 0 aliphatic heterocycles. The van der Waals surface area contributed by atoms with Crippen molar-refractivity contribution in [1.82, 2.24) is 10.6 Å². The first kappa shape index (κ1) is 14.8. The third-order valence-corrected chi connectivity index (χ3v) is 4.95. The van der Waals surface area contributed by atoms with Crippen LogP contribution in [0.15, 0.2) is 30.3 Å². The SMILES string of the molecule is CCNC(=O)CNC(=O)c1cc2c(s1)-c1ccccc1CC2. The lowest BCUT2D eigenvalue weighted by molar-refractivity contribution is -0.120. The molecule has 114 valence electrons. The maximum absolute atomic E-state index is 12.2. The number of amides is 2. The molecule has 0 fully saturated rings. The highest BCUT2D eigenvalue weighted by Crippen LogP contribution is 2.39. The number of hydrogen-bond donors (Lipinski definition) is 2. The third kappa shape index (κ3) is 2.90. The Hall–Kier alpha value is -2.14. The second-order valence-corrected chi connectivity index (χ2v) is 6.31. The van der Waals surface area contributed by atoms with Crippen LogP contribution < -0.4 is 10.6 Å². The lowest BCUT2D eigenvalue weighted by Crippen LogP contribution is -2.36. The van der Waals surface area contributed by atoms with E-state index in [4.69, 9.17) is 0 Å². The molecule has 0 spiro atoms. The van der Waals surface area contributed by atoms with Crippen LogP contribution >= 0.6 is 11.3 Å². The van der Waals surface area contributed by atoms with Gasteiger partial charge in [-0.2, -0.15) is 0 Å². The lowest BCUT2D eigenvalue weighted by Gasteiger charge is -2.15. The van der Waals surface area contributed by atoms with Gasteiger partial charge in [0.1, 0.15) is 0 Å². The van der Waals surface area contributed by atoms with Crippen molar-refractivity contribution >= 4 is 23.2 Å². The summed E-state index contributed by atoms with van der Waals surface area (Å²) in [6, 6.07) is 10.3. The molecule has 2 aromatic rings. The minimum atomic E-state index is -0.178. The Morgan fingerprint density at radius 2 is 1.91 bits per heavy atom. The average molecular weight is 314 g/mol. The Morgan fingerprint density at radius 1 is 1.14 bits per heavy atom. The molecule has 4 nitrogen and oxygen atoms in total. The van der Waals surface area contributed by atoms with Crippen molar-refractivity contribution < 1.29 is 9.59 Å². The highest BCUT2D eigenvalue weighted by Gasteiger charge is 2.21. The maximum Gasteiger partial charge on any atom is 0.261 e. The summed E-state index contributed by atoms with van der Waals surface area (Å²) in [5.41, 5.74) is 3.80. The number of benzene rings is 1. The summed E-state index contributed by atoms with van der Waals surface area (Å²) in [5, 5.41) is 5.34. The van der Waals surface area contributed by atoms with Crippen molar-refractivity contribution in [2.45, 2.75) is 19.8 Å². The molecular weight excluding hydrogens is 296 g/mol. The van der Waals surface area contributed by atoms with Crippen molar-refractivity contribution in [3.63, 3.8) is 0 Å². The summed E-state index contributed by atoms with van der Waals surface area (Å²) in [4.78, 5) is 25.5. The standard InChI is InChI=1S/C17H18N2O2S/c1-2-18-15(20)10-19-17(21)14-9-12-8-7-11-5-3-4-6-13(11)16(12)22-14/h3-6,9H,2,7-8,10H2,1H3,(H,18,20)(H,19,21). The molecule has 0 bridgehead atoms. The van der Waals surface area contributed by atoms with Gasteiger partial charge < -0.3 is 10.6 Å². The van der Waals surface area contributed by atoms with E-state index < -0.39 is 0 Å². The first-order valence-corrected chi connectivity index (χ1v) is 8.26. The zero-order valence-corrected chi connectivity index (χ0v) is 13.3. The molecule has 1 heterocycles. The van der Waals surface area contributed by atoms with Gasteiger partial charge in [0.15, 0.2) is 0 Å². The second-order valence-electron chi connectivity index (χ2n) is 5.26. The number of likely N-dealkylation sites (N-methyl/N-ethyl adjacent to an activating group) is 1. The fourth-order valence-electron chi connectivity index (χ4n) is 2.69. The number of carbonyl (C=O) groups is 2. The summed E-state index contributed by atoms with van der Waals surface area (Å²) < 4.78 is 0. The van der Waals surface area contributed by atoms with Crippen LogP contribution in [-0.2, 0) is 17.6 Å². The summed E-state index contributed by atoms with van der Waals surface area (Å²) in [6.45, 7) is 2.44. The molecule has 22 heavy (non-hydrogen) atoms. The van der Waals surface area contributed by atoms with Crippen molar-refractivity contribution in [2.24, 2.45) is 0 Å². The van der Waals surface area contributed by atoms with E-state index in [0.717, 1.165) is 12.8 Å². The number of carbonyl (C=O) groups excluding carboxylic acids is 2. The van der Waals surface area contributed by atoms with Gasteiger partial charge in [0.2, 0.25) is 5.91 Å². The van der Waals surface area contributed by atoms with E-state index in [1.165, 1.54) is 32.9 Å². The molecule has 3 rings (SSSR count). The first-order chi connectivity index (χ1) is 10.7. The van der Waals surface area contributed by atoms with Crippen LogP contribution in [0, 0.1) is 0 Å². The quantitative estimate of drug-likeness (QED) is 0.910. The van der Waals surface area contributed by atoms with Gasteiger partial charge in [0, 0.05) is 11.4 Å². The van der Waals surface area contributed by atoms with Crippen LogP contribution in [0.4, 0.5) is 0 Å². The third-order valence-electron chi connectivity index (χ3n) is 3.74. The number of hydrogen-bond acceptors (Lipinski definition) is 3. The highest BCUT2D eigenvalue weighted by atomic mass is 32.1. The van der Waals surface area contributed by atoms with Crippen LogP contribution in [0.2, 0.25) is 0 Å². The van der Waals surface area contributed by atoms with Crippen LogP contribution in [0.25, 0.3) is 10.4 Å². The first-order valence-electron chi connectivity index (χ1n) is 7.45. The van der Waals surface area contributed by atoms with Gasteiger partial charge in [-0.3, -0.25) is 9.59 Å². The van der Waals surface area contributed by atoms with Gasteiger partial charge in [0.25, 0.3) is 5.91 Å². The topological polar surface area (TPSA) is 58.2 Å². The molecule has 5 heteroatoms. The van der Waals surface area contributed by atoms with Crippen LogP contribution in [0.3, 0.4) is 0 Å². The fraction of sp³-hybridized carbons (Fsp3) is 0.294. The zero-order valence-electron chi connectivity index (χ0n) is 12.4. The number of aryl methyl sites for hydroxylation is 2. The van der Waals surface area contributed by atoms with Gasteiger partial charge in [-0.1, -0.05) is 24.3 Å². The van der Waals surface area contributed by atoms with Gasteiger partial charge in [-0.05, 0) is 42.5 Å². The predicted molar refractivity (Wildman–Crippen MR) is 88.2 cm³/mol. The van der Waals surface area contributed by atoms with E-state index in [1.807, 2.05) is 19.1 Å². The second kappa shape index (κ2) is 6.32. The monoisotopic (exact) mass is 314 g/mol. The van der Waals surface area contributed by atoms with Crippen molar-refractivity contribution in [2.75, 3.05) is 13.1 Å². The molecule has 0 atom stereocenters. The average Bonchev–Trinajstić information content (AvgIpc) is 2.97. The van der Waals surface area contributed by atoms with E-state index in [9.17, 15) is 9.59 Å². The van der Waals surface area contributed by atoms with Crippen molar-refractivity contribution in [3.05, 3.63) is 46.3 Å². The van der Waals surface area contributed by atoms with Gasteiger partial charge in [-0.15, -0.1) is 11.3 Å². The fourth-order valence-corrected chi connectivity index (χ4v) is 3.88. The van der Waals surface area contributed by atoms with Crippen molar-refractivity contribution in [3.8, 4) is 10.4 Å². The number of thiophene rings is 1. The highest BCUT2D eigenvalue weighted by molar-refractivity contribution is 7.17. The van der Waals surface area contributed by atoms with Gasteiger partial charge in [0.05, 0.1) is 11.4 Å². The Balaban J connectivity index is 1.77. The van der Waals surface area contributed by atoms with Gasteiger partial charge >= 0.3 is 0 Å². The minimum absolute atomic E-state index is 0.0197. The van der Waals surface area contributed by atoms with Crippen LogP contribution in [-0.4, -0.2) is 24.9 Å². The number of fused-ring (bicyclic) bond motifs is 3. The molecule has 0 radical (unpaired) electrons. The van der Waals surface area contributed by atoms with E-state index in [2.05, 4.69) is 28.8 Å². The smallest absolute Gasteiger partial charge is 0.261 e. The summed E-state index contributed by atoms with van der Waals surface area (Å²) in [7, 11) is 0. The Labute approximate surface area is 133 Å². The Bertz CT molecular complexity index is 721. The zero-order chi connectivity index (χ0) is 15.5. The molecule has 2 amide bonds. The van der Waals surface area contributed by atoms with Crippen LogP contribution in [0.5, 0.6) is 0 Å². The molecule has 1 aromatic carbocycles. The maximum atomic E-state index is 12.2. The van der Waals surface area contributed by atoms with E-state index in [0.29, 0.717) is 11.4 Å². The van der Waals surface area contributed by atoms with E-state index >= 15 is 0 Å². The summed E-state index contributed by atoms with van der Waals surface area (Å²) >= 11 is 1.51. The molecule has 2 N–H and O–H groups in total. The number of nitrogens with one attached hydrogen (secondary N) is 2. The summed E-state index contributed by atoms with van der Waals surface area (Å²) in [5.74, 6) is -0.342. The lowest BCUT2D eigenvalue weighted by atomic mass is 9.91. The largest absolute Gasteiger partial charge is 0.355 e. The molecule has 0 saturated heterocycles. The predicted octanol–water partition coefficient (Wildman–Crippen LogP) is 2.38. The Kier molecular flexibility index (Phi) is 4.24. The van der Waals surface area contributed by atoms with E-state index in [-0.39, 0.29) is 18.4 Å².